The second kappa shape index (κ2) is 8.55. The molecule has 0 spiro atoms. The van der Waals surface area contributed by atoms with E-state index in [1.54, 1.807) is 0 Å². The molecule has 0 aliphatic heterocycles. The van der Waals surface area contributed by atoms with E-state index >= 15 is 0 Å². The van der Waals surface area contributed by atoms with E-state index in [0.717, 1.165) is 0 Å². The van der Waals surface area contributed by atoms with Crippen LogP contribution in [0.3, 0.4) is 0 Å². The molecule has 0 N–H and O–H groups in total. The first-order valence-electron chi connectivity index (χ1n) is 6.57. The fraction of sp³-hybridized carbons (Fsp3) is 1.00. The molecule has 0 saturated carbocycles. The highest BCUT2D eigenvalue weighted by atomic mass is 32.2. The summed E-state index contributed by atoms with van der Waals surface area (Å²) in [4.78, 5) is 0. The Hall–Kier alpha value is -0.270. The molecule has 0 saturated heterocycles. The van der Waals surface area contributed by atoms with Crippen LogP contribution in [0.2, 0.25) is 0 Å². The van der Waals surface area contributed by atoms with E-state index in [1.807, 2.05) is 0 Å². The first kappa shape index (κ1) is 21.7. The van der Waals surface area contributed by atoms with Gasteiger partial charge in [0.15, 0.2) is 0 Å². The molecule has 134 valence electrons. The first-order valence-corrected chi connectivity index (χ1v) is 11.3. The average Bonchev–Trinajstić information content (AvgIpc) is 2.43. The summed E-state index contributed by atoms with van der Waals surface area (Å²) in [7, 11) is -11.7. The lowest BCUT2D eigenvalue weighted by molar-refractivity contribution is 0.0418. The van der Waals surface area contributed by atoms with Gasteiger partial charge in [-0.2, -0.15) is 25.3 Å². The van der Waals surface area contributed by atoms with Crippen molar-refractivity contribution in [1.82, 2.24) is 0 Å². The van der Waals surface area contributed by atoms with Crippen LogP contribution in [0, 0.1) is 0 Å². The molecule has 2 unspecified atom stereocenters. The Kier molecular flexibility index (Phi) is 8.44. The summed E-state index contributed by atoms with van der Waals surface area (Å²) in [5.74, 6) is -1.00. The summed E-state index contributed by atoms with van der Waals surface area (Å²) in [5.41, 5.74) is 0. The van der Waals surface area contributed by atoms with Gasteiger partial charge in [-0.1, -0.05) is 0 Å². The largest absolute Gasteiger partial charge is 0.267 e. The molecular weight excluding hydrogens is 360 g/mol. The minimum Gasteiger partial charge on any atom is -0.267 e. The standard InChI is InChI=1S/C10H22O9S3/c1-5-20(11,12)17-8-10(19-22(15,16)7-3)9(4)18-21(13,14)6-2/h9-10H,5-8H2,1-4H3. The lowest BCUT2D eigenvalue weighted by Gasteiger charge is -2.22. The zero-order chi connectivity index (χ0) is 17.6. The summed E-state index contributed by atoms with van der Waals surface area (Å²) in [6.45, 7) is 4.60. The summed E-state index contributed by atoms with van der Waals surface area (Å²) < 4.78 is 82.6. The molecule has 0 radical (unpaired) electrons. The van der Waals surface area contributed by atoms with Crippen molar-refractivity contribution in [1.29, 1.82) is 0 Å². The summed E-state index contributed by atoms with van der Waals surface area (Å²) in [6, 6.07) is 0. The zero-order valence-electron chi connectivity index (χ0n) is 12.9. The van der Waals surface area contributed by atoms with Crippen LogP contribution in [0.5, 0.6) is 0 Å². The molecule has 0 amide bonds. The highest BCUT2D eigenvalue weighted by molar-refractivity contribution is 7.87. The molecule has 0 aromatic heterocycles. The Labute approximate surface area is 132 Å². The predicted octanol–water partition coefficient (Wildman–Crippen LogP) is -0.158. The van der Waals surface area contributed by atoms with E-state index in [9.17, 15) is 25.3 Å². The van der Waals surface area contributed by atoms with Gasteiger partial charge in [-0.05, 0) is 27.7 Å². The van der Waals surface area contributed by atoms with Gasteiger partial charge in [0.2, 0.25) is 0 Å². The number of hydrogen-bond donors (Lipinski definition) is 0. The maximum Gasteiger partial charge on any atom is 0.267 e. The van der Waals surface area contributed by atoms with Crippen molar-refractivity contribution in [3.05, 3.63) is 0 Å². The van der Waals surface area contributed by atoms with E-state index in [4.69, 9.17) is 8.37 Å². The molecule has 0 aromatic carbocycles. The van der Waals surface area contributed by atoms with E-state index in [-0.39, 0.29) is 17.3 Å². The quantitative estimate of drug-likeness (QED) is 0.447. The molecule has 0 rings (SSSR count). The molecule has 0 fully saturated rings. The van der Waals surface area contributed by atoms with Gasteiger partial charge >= 0.3 is 0 Å². The van der Waals surface area contributed by atoms with Crippen molar-refractivity contribution in [2.75, 3.05) is 23.9 Å². The minimum atomic E-state index is -3.95. The summed E-state index contributed by atoms with van der Waals surface area (Å²) in [5, 5.41) is 0. The van der Waals surface area contributed by atoms with Crippen LogP contribution < -0.4 is 0 Å². The van der Waals surface area contributed by atoms with Gasteiger partial charge in [-0.15, -0.1) is 0 Å². The molecule has 2 atom stereocenters. The molecule has 0 aliphatic carbocycles. The van der Waals surface area contributed by atoms with Crippen LogP contribution in [0.15, 0.2) is 0 Å². The maximum absolute atomic E-state index is 11.5. The van der Waals surface area contributed by atoms with Crippen molar-refractivity contribution < 1.29 is 37.8 Å². The topological polar surface area (TPSA) is 130 Å². The summed E-state index contributed by atoms with van der Waals surface area (Å²) in [6.07, 6.45) is -2.65. The van der Waals surface area contributed by atoms with Crippen molar-refractivity contribution in [2.24, 2.45) is 0 Å². The lowest BCUT2D eigenvalue weighted by Crippen LogP contribution is -2.38. The van der Waals surface area contributed by atoms with Crippen molar-refractivity contribution >= 4 is 30.4 Å². The third-order valence-corrected chi connectivity index (χ3v) is 6.32. The van der Waals surface area contributed by atoms with Crippen LogP contribution in [0.4, 0.5) is 0 Å². The van der Waals surface area contributed by atoms with Crippen LogP contribution in [0.25, 0.3) is 0 Å². The Morgan fingerprint density at radius 3 is 1.55 bits per heavy atom. The molecule has 0 bridgehead atoms. The Bertz CT molecular complexity index is 633. The highest BCUT2D eigenvalue weighted by Gasteiger charge is 2.30. The molecule has 0 aromatic rings. The summed E-state index contributed by atoms with van der Waals surface area (Å²) >= 11 is 0. The SMILES string of the molecule is CCS(=O)(=O)OCC(OS(=O)(=O)CC)C(C)OS(=O)(=O)CC. The van der Waals surface area contributed by atoms with Crippen molar-refractivity contribution in [3.8, 4) is 0 Å². The normalized spacial score (nSPS) is 16.4. The fourth-order valence-corrected chi connectivity index (χ4v) is 3.07. The second-order valence-electron chi connectivity index (χ2n) is 4.26. The monoisotopic (exact) mass is 382 g/mol. The predicted molar refractivity (Wildman–Crippen MR) is 79.8 cm³/mol. The van der Waals surface area contributed by atoms with Crippen LogP contribution in [-0.4, -0.2) is 61.3 Å². The third-order valence-electron chi connectivity index (χ3n) is 2.56. The Morgan fingerprint density at radius 2 is 1.14 bits per heavy atom. The van der Waals surface area contributed by atoms with E-state index < -0.39 is 49.2 Å². The van der Waals surface area contributed by atoms with Crippen molar-refractivity contribution in [2.45, 2.75) is 39.9 Å². The van der Waals surface area contributed by atoms with Crippen molar-refractivity contribution in [3.63, 3.8) is 0 Å². The number of rotatable bonds is 11. The van der Waals surface area contributed by atoms with Gasteiger partial charge in [-0.3, -0.25) is 12.5 Å². The average molecular weight is 382 g/mol. The van der Waals surface area contributed by atoms with Crippen LogP contribution >= 0.6 is 0 Å². The smallest absolute Gasteiger partial charge is 0.267 e. The Balaban J connectivity index is 5.16. The lowest BCUT2D eigenvalue weighted by atomic mass is 10.2. The maximum atomic E-state index is 11.5. The van der Waals surface area contributed by atoms with E-state index in [1.165, 1.54) is 27.7 Å². The highest BCUT2D eigenvalue weighted by Crippen LogP contribution is 2.13. The molecule has 22 heavy (non-hydrogen) atoms. The minimum absolute atomic E-state index is 0.317. The molecule has 9 nitrogen and oxygen atoms in total. The molecule has 12 heteroatoms. The van der Waals surface area contributed by atoms with Gasteiger partial charge in [0, 0.05) is 0 Å². The molecular formula is C10H22O9S3. The van der Waals surface area contributed by atoms with Gasteiger partial charge in [0.05, 0.1) is 23.9 Å². The van der Waals surface area contributed by atoms with Crippen LogP contribution in [0.1, 0.15) is 27.7 Å². The zero-order valence-corrected chi connectivity index (χ0v) is 15.3. The molecule has 0 heterocycles. The van der Waals surface area contributed by atoms with Gasteiger partial charge in [-0.25, -0.2) is 0 Å². The van der Waals surface area contributed by atoms with E-state index in [0.29, 0.717) is 0 Å². The molecule has 0 aliphatic rings. The fourth-order valence-electron chi connectivity index (χ4n) is 1.11. The van der Waals surface area contributed by atoms with Gasteiger partial charge in [0.25, 0.3) is 30.4 Å². The first-order chi connectivity index (χ1) is 9.88. The number of hydrogen-bond acceptors (Lipinski definition) is 9. The van der Waals surface area contributed by atoms with Gasteiger partial charge in [0.1, 0.15) is 12.2 Å². The Morgan fingerprint density at radius 1 is 0.727 bits per heavy atom. The second-order valence-corrected chi connectivity index (χ2v) is 9.96. The third kappa shape index (κ3) is 8.39. The van der Waals surface area contributed by atoms with Gasteiger partial charge < -0.3 is 0 Å². The van der Waals surface area contributed by atoms with E-state index in [2.05, 4.69) is 4.18 Å². The van der Waals surface area contributed by atoms with Crippen LogP contribution in [-0.2, 0) is 42.9 Å².